The van der Waals surface area contributed by atoms with Crippen molar-refractivity contribution in [1.29, 1.82) is 0 Å². The second kappa shape index (κ2) is 8.05. The SMILES string of the molecule is CC(C)(C)OC(=O)NCC1CN(c2cc(NCCC(F)(F)F)nc(N)n2)C1. The second-order valence-corrected chi connectivity index (χ2v) is 7.42. The number of aromatic nitrogens is 2. The van der Waals surface area contributed by atoms with Crippen molar-refractivity contribution in [3.05, 3.63) is 6.07 Å². The highest BCUT2D eigenvalue weighted by Gasteiger charge is 2.30. The van der Waals surface area contributed by atoms with Gasteiger partial charge in [-0.25, -0.2) is 4.79 Å². The van der Waals surface area contributed by atoms with Gasteiger partial charge < -0.3 is 26.0 Å². The summed E-state index contributed by atoms with van der Waals surface area (Å²) in [6.45, 7) is 6.81. The molecule has 0 aromatic carbocycles. The summed E-state index contributed by atoms with van der Waals surface area (Å²) in [5.41, 5.74) is 5.09. The monoisotopic (exact) mass is 390 g/mol. The van der Waals surface area contributed by atoms with Gasteiger partial charge in [0.1, 0.15) is 17.2 Å². The van der Waals surface area contributed by atoms with Gasteiger partial charge in [-0.1, -0.05) is 0 Å². The van der Waals surface area contributed by atoms with Crippen LogP contribution in [0.4, 0.5) is 35.5 Å². The van der Waals surface area contributed by atoms with Crippen molar-refractivity contribution in [2.75, 3.05) is 42.1 Å². The highest BCUT2D eigenvalue weighted by molar-refractivity contribution is 5.67. The minimum absolute atomic E-state index is 0.0164. The van der Waals surface area contributed by atoms with E-state index in [0.29, 0.717) is 25.5 Å². The number of halogens is 3. The van der Waals surface area contributed by atoms with Crippen molar-refractivity contribution in [3.8, 4) is 0 Å². The van der Waals surface area contributed by atoms with Crippen molar-refractivity contribution in [2.24, 2.45) is 5.92 Å². The number of rotatable bonds is 6. The van der Waals surface area contributed by atoms with E-state index >= 15 is 0 Å². The van der Waals surface area contributed by atoms with Gasteiger partial charge in [-0.05, 0) is 20.8 Å². The first-order valence-electron chi connectivity index (χ1n) is 8.58. The summed E-state index contributed by atoms with van der Waals surface area (Å²) >= 11 is 0. The molecule has 1 aliphatic heterocycles. The number of amides is 1. The summed E-state index contributed by atoms with van der Waals surface area (Å²) in [5.74, 6) is 0.982. The van der Waals surface area contributed by atoms with E-state index in [9.17, 15) is 18.0 Å². The smallest absolute Gasteiger partial charge is 0.407 e. The van der Waals surface area contributed by atoms with Crippen molar-refractivity contribution in [2.45, 2.75) is 39.0 Å². The van der Waals surface area contributed by atoms with E-state index in [4.69, 9.17) is 10.5 Å². The van der Waals surface area contributed by atoms with Gasteiger partial charge in [0, 0.05) is 38.2 Å². The third kappa shape index (κ3) is 7.35. The van der Waals surface area contributed by atoms with Crippen LogP contribution in [-0.2, 0) is 4.74 Å². The fraction of sp³-hybridized carbons (Fsp3) is 0.688. The number of anilines is 3. The quantitative estimate of drug-likeness (QED) is 0.685. The first-order valence-corrected chi connectivity index (χ1v) is 8.58. The first kappa shape index (κ1) is 20.8. The Morgan fingerprint density at radius 3 is 2.59 bits per heavy atom. The van der Waals surface area contributed by atoms with Crippen LogP contribution in [0.1, 0.15) is 27.2 Å². The van der Waals surface area contributed by atoms with E-state index in [1.165, 1.54) is 0 Å². The number of hydrogen-bond donors (Lipinski definition) is 3. The Morgan fingerprint density at radius 1 is 1.33 bits per heavy atom. The van der Waals surface area contributed by atoms with Gasteiger partial charge in [-0.3, -0.25) is 0 Å². The lowest BCUT2D eigenvalue weighted by molar-refractivity contribution is -0.131. The average Bonchev–Trinajstić information content (AvgIpc) is 2.41. The zero-order valence-corrected chi connectivity index (χ0v) is 15.6. The Labute approximate surface area is 155 Å². The van der Waals surface area contributed by atoms with Crippen LogP contribution in [0.2, 0.25) is 0 Å². The molecule has 1 fully saturated rings. The largest absolute Gasteiger partial charge is 0.444 e. The minimum Gasteiger partial charge on any atom is -0.444 e. The minimum atomic E-state index is -4.24. The molecule has 152 valence electrons. The van der Waals surface area contributed by atoms with Gasteiger partial charge in [-0.2, -0.15) is 23.1 Å². The summed E-state index contributed by atoms with van der Waals surface area (Å²) in [7, 11) is 0. The summed E-state index contributed by atoms with van der Waals surface area (Å²) in [5, 5.41) is 5.32. The van der Waals surface area contributed by atoms with Crippen molar-refractivity contribution < 1.29 is 22.7 Å². The van der Waals surface area contributed by atoms with Crippen LogP contribution in [0.25, 0.3) is 0 Å². The maximum Gasteiger partial charge on any atom is 0.407 e. The Balaban J connectivity index is 1.80. The molecule has 1 aromatic heterocycles. The van der Waals surface area contributed by atoms with Crippen molar-refractivity contribution in [1.82, 2.24) is 15.3 Å². The van der Waals surface area contributed by atoms with Crippen LogP contribution in [0.15, 0.2) is 6.07 Å². The number of carbonyl (C=O) groups is 1. The van der Waals surface area contributed by atoms with Crippen LogP contribution < -0.4 is 21.3 Å². The Bertz CT molecular complexity index is 657. The number of carbonyl (C=O) groups excluding carboxylic acids is 1. The number of hydrogen-bond acceptors (Lipinski definition) is 7. The number of alkyl carbamates (subject to hydrolysis) is 1. The standard InChI is InChI=1S/C16H25F3N6O2/c1-15(2,3)27-14(26)22-7-10-8-25(9-10)12-6-11(23-13(20)24-12)21-5-4-16(17,18)19/h6,10H,4-5,7-9H2,1-3H3,(H,22,26)(H3,20,21,23,24). The number of nitrogens with one attached hydrogen (secondary N) is 2. The average molecular weight is 390 g/mol. The topological polar surface area (TPSA) is 105 Å². The van der Waals surface area contributed by atoms with Crippen LogP contribution >= 0.6 is 0 Å². The fourth-order valence-corrected chi connectivity index (χ4v) is 2.47. The number of nitrogens with two attached hydrogens (primary N) is 1. The number of alkyl halides is 3. The van der Waals surface area contributed by atoms with Crippen LogP contribution in [0, 0.1) is 5.92 Å². The molecule has 1 aliphatic rings. The second-order valence-electron chi connectivity index (χ2n) is 7.42. The molecule has 11 heteroatoms. The maximum atomic E-state index is 12.2. The number of nitrogen functional groups attached to an aromatic ring is 1. The molecule has 1 saturated heterocycles. The lowest BCUT2D eigenvalue weighted by Crippen LogP contribution is -2.52. The fourth-order valence-electron chi connectivity index (χ4n) is 2.47. The molecule has 0 spiro atoms. The molecule has 0 saturated carbocycles. The van der Waals surface area contributed by atoms with Crippen molar-refractivity contribution >= 4 is 23.7 Å². The number of ether oxygens (including phenoxy) is 1. The molecule has 0 aliphatic carbocycles. The molecule has 2 heterocycles. The van der Waals surface area contributed by atoms with E-state index in [2.05, 4.69) is 20.6 Å². The van der Waals surface area contributed by atoms with Crippen LogP contribution in [0.3, 0.4) is 0 Å². The van der Waals surface area contributed by atoms with Gasteiger partial charge in [0.2, 0.25) is 5.95 Å². The van der Waals surface area contributed by atoms with Gasteiger partial charge in [0.15, 0.2) is 0 Å². The molecule has 1 aromatic rings. The molecule has 1 amide bonds. The molecular formula is C16H25F3N6O2. The van der Waals surface area contributed by atoms with Crippen molar-refractivity contribution in [3.63, 3.8) is 0 Å². The molecule has 27 heavy (non-hydrogen) atoms. The van der Waals surface area contributed by atoms with E-state index in [1.807, 2.05) is 4.90 Å². The van der Waals surface area contributed by atoms with Crippen LogP contribution in [0.5, 0.6) is 0 Å². The molecule has 0 radical (unpaired) electrons. The molecule has 8 nitrogen and oxygen atoms in total. The Kier molecular flexibility index (Phi) is 6.22. The molecular weight excluding hydrogens is 365 g/mol. The third-order valence-corrected chi connectivity index (χ3v) is 3.66. The molecule has 0 atom stereocenters. The Hall–Kier alpha value is -2.46. The van der Waals surface area contributed by atoms with Gasteiger partial charge in [0.05, 0.1) is 6.42 Å². The van der Waals surface area contributed by atoms with Gasteiger partial charge >= 0.3 is 12.3 Å². The van der Waals surface area contributed by atoms with E-state index in [1.54, 1.807) is 26.8 Å². The lowest BCUT2D eigenvalue weighted by Gasteiger charge is -2.40. The van der Waals surface area contributed by atoms with E-state index in [0.717, 1.165) is 0 Å². The summed E-state index contributed by atoms with van der Waals surface area (Å²) < 4.78 is 41.9. The van der Waals surface area contributed by atoms with Crippen LogP contribution in [-0.4, -0.2) is 54.0 Å². The molecule has 0 bridgehead atoms. The summed E-state index contributed by atoms with van der Waals surface area (Å²) in [4.78, 5) is 21.6. The van der Waals surface area contributed by atoms with Gasteiger partial charge in [-0.15, -0.1) is 0 Å². The normalized spacial score (nSPS) is 15.3. The van der Waals surface area contributed by atoms with E-state index in [-0.39, 0.29) is 24.2 Å². The summed E-state index contributed by atoms with van der Waals surface area (Å²) in [6, 6.07) is 1.56. The third-order valence-electron chi connectivity index (χ3n) is 3.66. The Morgan fingerprint density at radius 2 is 2.00 bits per heavy atom. The van der Waals surface area contributed by atoms with E-state index < -0.39 is 24.3 Å². The maximum absolute atomic E-state index is 12.2. The first-order chi connectivity index (χ1) is 12.4. The highest BCUT2D eigenvalue weighted by atomic mass is 19.4. The molecule has 4 N–H and O–H groups in total. The highest BCUT2D eigenvalue weighted by Crippen LogP contribution is 2.25. The van der Waals surface area contributed by atoms with Gasteiger partial charge in [0.25, 0.3) is 0 Å². The molecule has 0 unspecified atom stereocenters. The zero-order chi connectivity index (χ0) is 20.2. The predicted molar refractivity (Wildman–Crippen MR) is 95.5 cm³/mol. The predicted octanol–water partition coefficient (Wildman–Crippen LogP) is 2.38. The number of nitrogens with zero attached hydrogens (tertiary/aromatic N) is 3. The lowest BCUT2D eigenvalue weighted by atomic mass is 10.0. The zero-order valence-electron chi connectivity index (χ0n) is 15.6. The summed E-state index contributed by atoms with van der Waals surface area (Å²) in [6.07, 6.45) is -5.67. The molecule has 2 rings (SSSR count).